The topological polar surface area (TPSA) is 81.1 Å². The standard InChI is InChI=1S/C16H23N3O/c17-12-8-10-4-3-5-11(9-12)15(10)19-16(20)13-6-1-2-7-14(13)18/h1-2,6-7,10-12,15H,3-5,8-9,17-18H2,(H,19,20). The van der Waals surface area contributed by atoms with E-state index in [4.69, 9.17) is 11.5 Å². The predicted octanol–water partition coefficient (Wildman–Crippen LogP) is 1.90. The van der Waals surface area contributed by atoms with Gasteiger partial charge in [0, 0.05) is 17.8 Å². The molecule has 0 radical (unpaired) electrons. The summed E-state index contributed by atoms with van der Waals surface area (Å²) in [6, 6.07) is 7.83. The maximum atomic E-state index is 12.4. The molecule has 2 saturated carbocycles. The van der Waals surface area contributed by atoms with E-state index in [1.807, 2.05) is 12.1 Å². The SMILES string of the molecule is Nc1ccccc1C(=O)NC1C2CCCC1CC(N)C2. The highest BCUT2D eigenvalue weighted by Crippen LogP contribution is 2.39. The summed E-state index contributed by atoms with van der Waals surface area (Å²) < 4.78 is 0. The van der Waals surface area contributed by atoms with Crippen LogP contribution in [0, 0.1) is 11.8 Å². The third-order valence-corrected chi connectivity index (χ3v) is 4.88. The lowest BCUT2D eigenvalue weighted by atomic mass is 9.67. The maximum Gasteiger partial charge on any atom is 0.253 e. The third kappa shape index (κ3) is 2.52. The number of nitrogens with two attached hydrogens (primary N) is 2. The van der Waals surface area contributed by atoms with Gasteiger partial charge in [0.05, 0.1) is 5.56 Å². The third-order valence-electron chi connectivity index (χ3n) is 4.88. The molecule has 0 spiro atoms. The number of fused-ring (bicyclic) bond motifs is 2. The minimum absolute atomic E-state index is 0.0412. The molecule has 108 valence electrons. The van der Waals surface area contributed by atoms with E-state index >= 15 is 0 Å². The van der Waals surface area contributed by atoms with Crippen LogP contribution in [0.4, 0.5) is 5.69 Å². The fraction of sp³-hybridized carbons (Fsp3) is 0.562. The fourth-order valence-electron chi connectivity index (χ4n) is 3.96. The van der Waals surface area contributed by atoms with Crippen molar-refractivity contribution in [2.24, 2.45) is 17.6 Å². The number of hydrogen-bond donors (Lipinski definition) is 3. The number of carbonyl (C=O) groups is 1. The number of benzene rings is 1. The van der Waals surface area contributed by atoms with Crippen molar-refractivity contribution in [3.8, 4) is 0 Å². The summed E-state index contributed by atoms with van der Waals surface area (Å²) in [4.78, 5) is 12.4. The lowest BCUT2D eigenvalue weighted by molar-refractivity contribution is 0.0757. The summed E-state index contributed by atoms with van der Waals surface area (Å²) in [5.41, 5.74) is 13.1. The summed E-state index contributed by atoms with van der Waals surface area (Å²) in [6.45, 7) is 0. The minimum atomic E-state index is -0.0412. The molecule has 2 atom stereocenters. The van der Waals surface area contributed by atoms with Crippen molar-refractivity contribution in [2.75, 3.05) is 5.73 Å². The van der Waals surface area contributed by atoms with Crippen molar-refractivity contribution in [2.45, 2.75) is 44.2 Å². The molecule has 0 aromatic heterocycles. The fourth-order valence-corrected chi connectivity index (χ4v) is 3.96. The second-order valence-electron chi connectivity index (χ2n) is 6.27. The molecular weight excluding hydrogens is 250 g/mol. The first-order valence-corrected chi connectivity index (χ1v) is 7.56. The van der Waals surface area contributed by atoms with Crippen LogP contribution in [-0.2, 0) is 0 Å². The summed E-state index contributed by atoms with van der Waals surface area (Å²) in [5.74, 6) is 1.03. The first kappa shape index (κ1) is 13.4. The Morgan fingerprint density at radius 1 is 1.15 bits per heavy atom. The van der Waals surface area contributed by atoms with Crippen LogP contribution in [0.15, 0.2) is 24.3 Å². The Balaban J connectivity index is 1.74. The Labute approximate surface area is 119 Å². The number of para-hydroxylation sites is 1. The highest BCUT2D eigenvalue weighted by atomic mass is 16.1. The molecule has 4 nitrogen and oxygen atoms in total. The van der Waals surface area contributed by atoms with Crippen molar-refractivity contribution in [3.05, 3.63) is 29.8 Å². The molecule has 2 fully saturated rings. The van der Waals surface area contributed by atoms with Crippen molar-refractivity contribution in [1.82, 2.24) is 5.32 Å². The zero-order chi connectivity index (χ0) is 14.1. The van der Waals surface area contributed by atoms with E-state index in [9.17, 15) is 4.79 Å². The molecule has 0 aliphatic heterocycles. The molecule has 2 unspecified atom stereocenters. The molecule has 2 aliphatic carbocycles. The lowest BCUT2D eigenvalue weighted by Gasteiger charge is -2.45. The minimum Gasteiger partial charge on any atom is -0.398 e. The molecule has 0 heterocycles. The molecule has 2 bridgehead atoms. The van der Waals surface area contributed by atoms with Gasteiger partial charge >= 0.3 is 0 Å². The number of hydrogen-bond acceptors (Lipinski definition) is 3. The van der Waals surface area contributed by atoms with Crippen molar-refractivity contribution >= 4 is 11.6 Å². The largest absolute Gasteiger partial charge is 0.398 e. The van der Waals surface area contributed by atoms with Gasteiger partial charge in [-0.1, -0.05) is 18.6 Å². The predicted molar refractivity (Wildman–Crippen MR) is 80.1 cm³/mol. The van der Waals surface area contributed by atoms with Crippen LogP contribution in [0.2, 0.25) is 0 Å². The van der Waals surface area contributed by atoms with Crippen molar-refractivity contribution in [1.29, 1.82) is 0 Å². The number of nitrogens with one attached hydrogen (secondary N) is 1. The Kier molecular flexibility index (Phi) is 3.66. The molecule has 1 aromatic rings. The number of nitrogen functional groups attached to an aromatic ring is 1. The average Bonchev–Trinajstić information content (AvgIpc) is 2.40. The number of amides is 1. The summed E-state index contributed by atoms with van der Waals surface area (Å²) in [7, 11) is 0. The first-order chi connectivity index (χ1) is 9.65. The van der Waals surface area contributed by atoms with Gasteiger partial charge in [-0.25, -0.2) is 0 Å². The number of carbonyl (C=O) groups excluding carboxylic acids is 1. The van der Waals surface area contributed by atoms with E-state index in [2.05, 4.69) is 5.32 Å². The summed E-state index contributed by atoms with van der Waals surface area (Å²) >= 11 is 0. The zero-order valence-corrected chi connectivity index (χ0v) is 11.7. The van der Waals surface area contributed by atoms with Crippen molar-refractivity contribution in [3.63, 3.8) is 0 Å². The molecule has 5 N–H and O–H groups in total. The molecule has 1 amide bonds. The number of rotatable bonds is 2. The van der Waals surface area contributed by atoms with Crippen LogP contribution in [0.1, 0.15) is 42.5 Å². The van der Waals surface area contributed by atoms with Gasteiger partial charge in [0.25, 0.3) is 5.91 Å². The molecule has 2 aliphatic rings. The Bertz CT molecular complexity index is 488. The van der Waals surface area contributed by atoms with Gasteiger partial charge in [0.1, 0.15) is 0 Å². The quantitative estimate of drug-likeness (QED) is 0.720. The normalized spacial score (nSPS) is 32.6. The van der Waals surface area contributed by atoms with Crippen LogP contribution in [0.3, 0.4) is 0 Å². The maximum absolute atomic E-state index is 12.4. The Morgan fingerprint density at radius 2 is 1.80 bits per heavy atom. The molecule has 0 saturated heterocycles. The van der Waals surface area contributed by atoms with Gasteiger partial charge in [-0.3, -0.25) is 4.79 Å². The molecule has 20 heavy (non-hydrogen) atoms. The zero-order valence-electron chi connectivity index (χ0n) is 11.7. The Hall–Kier alpha value is -1.55. The highest BCUT2D eigenvalue weighted by Gasteiger charge is 2.40. The second kappa shape index (κ2) is 5.44. The van der Waals surface area contributed by atoms with E-state index < -0.39 is 0 Å². The average molecular weight is 273 g/mol. The monoisotopic (exact) mass is 273 g/mol. The number of anilines is 1. The van der Waals surface area contributed by atoms with E-state index in [0.717, 1.165) is 12.8 Å². The molecule has 1 aromatic carbocycles. The van der Waals surface area contributed by atoms with E-state index in [-0.39, 0.29) is 11.9 Å². The highest BCUT2D eigenvalue weighted by molar-refractivity contribution is 5.99. The van der Waals surface area contributed by atoms with E-state index in [1.165, 1.54) is 19.3 Å². The van der Waals surface area contributed by atoms with Gasteiger partial charge in [-0.2, -0.15) is 0 Å². The lowest BCUT2D eigenvalue weighted by Crippen LogP contribution is -2.53. The van der Waals surface area contributed by atoms with Crippen molar-refractivity contribution < 1.29 is 4.79 Å². The summed E-state index contributed by atoms with van der Waals surface area (Å²) in [5, 5.41) is 3.22. The van der Waals surface area contributed by atoms with Crippen LogP contribution in [0.25, 0.3) is 0 Å². The molecule has 4 heteroatoms. The second-order valence-corrected chi connectivity index (χ2v) is 6.27. The van der Waals surface area contributed by atoms with Crippen LogP contribution >= 0.6 is 0 Å². The summed E-state index contributed by atoms with van der Waals surface area (Å²) in [6.07, 6.45) is 5.69. The van der Waals surface area contributed by atoms with Gasteiger partial charge in [-0.15, -0.1) is 0 Å². The molecule has 3 rings (SSSR count). The van der Waals surface area contributed by atoms with Gasteiger partial charge < -0.3 is 16.8 Å². The van der Waals surface area contributed by atoms with E-state index in [1.54, 1.807) is 12.1 Å². The Morgan fingerprint density at radius 3 is 2.45 bits per heavy atom. The van der Waals surface area contributed by atoms with Gasteiger partial charge in [0.15, 0.2) is 0 Å². The van der Waals surface area contributed by atoms with Crippen LogP contribution in [0.5, 0.6) is 0 Å². The smallest absolute Gasteiger partial charge is 0.253 e. The van der Waals surface area contributed by atoms with Gasteiger partial charge in [-0.05, 0) is 49.7 Å². The first-order valence-electron chi connectivity index (χ1n) is 7.56. The molecular formula is C16H23N3O. The van der Waals surface area contributed by atoms with Gasteiger partial charge in [0.2, 0.25) is 0 Å². The van der Waals surface area contributed by atoms with E-state index in [0.29, 0.717) is 29.1 Å². The van der Waals surface area contributed by atoms with Crippen LogP contribution < -0.4 is 16.8 Å². The van der Waals surface area contributed by atoms with Crippen LogP contribution in [-0.4, -0.2) is 18.0 Å².